The highest BCUT2D eigenvalue weighted by atomic mass is 32.2. The minimum Gasteiger partial charge on any atom is -0.371 e. The average molecular weight is 259 g/mol. The first kappa shape index (κ1) is 11.7. The van der Waals surface area contributed by atoms with Crippen molar-refractivity contribution in [3.05, 3.63) is 6.07 Å². The number of aromatic nitrogens is 1. The molecule has 1 aromatic rings. The first-order chi connectivity index (χ1) is 7.56. The smallest absolute Gasteiger partial charge is 0.327 e. The van der Waals surface area contributed by atoms with Crippen molar-refractivity contribution in [3.8, 4) is 0 Å². The Morgan fingerprint density at radius 2 is 2.31 bits per heavy atom. The molecule has 88 valence electrons. The molecule has 2 rings (SSSR count). The van der Waals surface area contributed by atoms with E-state index in [1.54, 1.807) is 7.05 Å². The van der Waals surface area contributed by atoms with Crippen molar-refractivity contribution in [1.82, 2.24) is 9.27 Å². The van der Waals surface area contributed by atoms with Crippen LogP contribution in [0.15, 0.2) is 11.1 Å². The molecule has 1 saturated heterocycles. The number of likely N-dealkylation sites (N-methyl/N-ethyl adjacent to an activating group) is 1. The summed E-state index contributed by atoms with van der Waals surface area (Å²) in [5.74, 6) is 0. The van der Waals surface area contributed by atoms with Crippen molar-refractivity contribution in [2.24, 2.45) is 0 Å². The van der Waals surface area contributed by atoms with Gasteiger partial charge in [0.1, 0.15) is 10.0 Å². The molecule has 0 unspecified atom stereocenters. The maximum atomic E-state index is 11.9. The highest BCUT2D eigenvalue weighted by Crippen LogP contribution is 2.32. The van der Waals surface area contributed by atoms with Crippen LogP contribution in [0.1, 0.15) is 6.92 Å². The molecule has 7 heteroatoms. The summed E-state index contributed by atoms with van der Waals surface area (Å²) in [6.07, 6.45) is 1.13. The van der Waals surface area contributed by atoms with E-state index in [9.17, 15) is 9.90 Å². The number of nitrogens with zero attached hydrogens (tertiary/aromatic N) is 3. The first-order valence-electron chi connectivity index (χ1n) is 4.81. The average Bonchev–Trinajstić information content (AvgIpc) is 2.81. The van der Waals surface area contributed by atoms with Gasteiger partial charge in [0.25, 0.3) is 0 Å². The Labute approximate surface area is 102 Å². The number of hydrogen-bond donors (Lipinski definition) is 1. The normalized spacial score (nSPS) is 25.6. The van der Waals surface area contributed by atoms with E-state index >= 15 is 0 Å². The summed E-state index contributed by atoms with van der Waals surface area (Å²) in [5, 5.41) is 11.5. The molecule has 0 bridgehead atoms. The molecule has 0 radical (unpaired) electrons. The second-order valence-electron chi connectivity index (χ2n) is 3.63. The number of aliphatic hydroxyl groups excluding tert-OH is 1. The quantitative estimate of drug-likeness (QED) is 0.817. The van der Waals surface area contributed by atoms with Crippen molar-refractivity contribution < 1.29 is 9.90 Å². The van der Waals surface area contributed by atoms with Crippen molar-refractivity contribution in [3.63, 3.8) is 0 Å². The molecule has 0 aromatic carbocycles. The lowest BCUT2D eigenvalue weighted by Gasteiger charge is -2.17. The van der Waals surface area contributed by atoms with Gasteiger partial charge in [-0.3, -0.25) is 4.90 Å². The zero-order valence-corrected chi connectivity index (χ0v) is 10.9. The molecule has 0 aliphatic carbocycles. The summed E-state index contributed by atoms with van der Waals surface area (Å²) in [4.78, 5) is 14.8. The highest BCUT2D eigenvalue weighted by molar-refractivity contribution is 7.98. The summed E-state index contributed by atoms with van der Waals surface area (Å²) >= 11 is 2.75. The molecule has 16 heavy (non-hydrogen) atoms. The lowest BCUT2D eigenvalue weighted by atomic mass is 10.3. The van der Waals surface area contributed by atoms with E-state index in [1.165, 1.54) is 33.1 Å². The molecule has 1 aliphatic rings. The number of amides is 2. The number of carbonyl (C=O) groups is 1. The Bertz CT molecular complexity index is 409. The van der Waals surface area contributed by atoms with Crippen LogP contribution in [0.5, 0.6) is 0 Å². The topological polar surface area (TPSA) is 56.7 Å². The number of anilines is 1. The molecule has 2 amide bonds. The monoisotopic (exact) mass is 259 g/mol. The molecule has 5 nitrogen and oxygen atoms in total. The minimum atomic E-state index is -0.798. The minimum absolute atomic E-state index is 0.184. The Balaban J connectivity index is 2.30. The van der Waals surface area contributed by atoms with Crippen LogP contribution in [0.3, 0.4) is 0 Å². The van der Waals surface area contributed by atoms with Gasteiger partial charge in [0, 0.05) is 13.1 Å². The van der Waals surface area contributed by atoms with E-state index < -0.39 is 6.23 Å². The van der Waals surface area contributed by atoms with Crippen LogP contribution in [0.4, 0.5) is 9.80 Å². The molecule has 1 fully saturated rings. The second kappa shape index (κ2) is 4.23. The molecular formula is C9H13N3O2S2. The standard InChI is InChI=1S/C9H13N3O2S2/c1-5-8(13)12(9(14)11(5)2)7-4-6(15-3)10-16-7/h4-5,8,13H,1-3H3/t5-,8-/m0/s1. The van der Waals surface area contributed by atoms with E-state index in [0.717, 1.165) is 5.03 Å². The summed E-state index contributed by atoms with van der Waals surface area (Å²) in [7, 11) is 1.69. The Hall–Kier alpha value is -0.790. The number of carbonyl (C=O) groups excluding carboxylic acids is 1. The van der Waals surface area contributed by atoms with Crippen LogP contribution in [0.25, 0.3) is 0 Å². The van der Waals surface area contributed by atoms with E-state index in [0.29, 0.717) is 5.00 Å². The van der Waals surface area contributed by atoms with Gasteiger partial charge in [0.15, 0.2) is 6.23 Å². The first-order valence-corrected chi connectivity index (χ1v) is 6.81. The fourth-order valence-electron chi connectivity index (χ4n) is 1.56. The maximum Gasteiger partial charge on any atom is 0.327 e. The van der Waals surface area contributed by atoms with E-state index in [1.807, 2.05) is 19.2 Å². The fraction of sp³-hybridized carbons (Fsp3) is 0.556. The van der Waals surface area contributed by atoms with Crippen molar-refractivity contribution in [1.29, 1.82) is 0 Å². The summed E-state index contributed by atoms with van der Waals surface area (Å²) in [6.45, 7) is 1.82. The zero-order chi connectivity index (χ0) is 11.9. The van der Waals surface area contributed by atoms with Gasteiger partial charge < -0.3 is 10.0 Å². The molecular weight excluding hydrogens is 246 g/mol. The van der Waals surface area contributed by atoms with Gasteiger partial charge in [-0.05, 0) is 24.7 Å². The lowest BCUT2D eigenvalue weighted by molar-refractivity contribution is 0.138. The van der Waals surface area contributed by atoms with Gasteiger partial charge in [-0.1, -0.05) is 0 Å². The largest absolute Gasteiger partial charge is 0.371 e. The van der Waals surface area contributed by atoms with E-state index in [-0.39, 0.29) is 12.1 Å². The third-order valence-electron chi connectivity index (χ3n) is 2.74. The summed E-state index contributed by atoms with van der Waals surface area (Å²) in [5.41, 5.74) is 0. The maximum absolute atomic E-state index is 11.9. The SMILES string of the molecule is CSc1cc(N2C(=O)N(C)[C@@H](C)[C@@H]2O)sn1. The Kier molecular flexibility index (Phi) is 3.09. The zero-order valence-electron chi connectivity index (χ0n) is 9.25. The molecule has 1 N–H and O–H groups in total. The molecule has 0 saturated carbocycles. The second-order valence-corrected chi connectivity index (χ2v) is 5.24. The van der Waals surface area contributed by atoms with Crippen LogP contribution in [-0.4, -0.2) is 46.0 Å². The number of thioether (sulfide) groups is 1. The van der Waals surface area contributed by atoms with Gasteiger partial charge >= 0.3 is 6.03 Å². The van der Waals surface area contributed by atoms with Gasteiger partial charge in [-0.25, -0.2) is 4.79 Å². The highest BCUT2D eigenvalue weighted by Gasteiger charge is 2.41. The predicted octanol–water partition coefficient (Wildman–Crippen LogP) is 1.44. The van der Waals surface area contributed by atoms with Crippen LogP contribution in [0.2, 0.25) is 0 Å². The number of urea groups is 1. The number of rotatable bonds is 2. The van der Waals surface area contributed by atoms with Crippen LogP contribution >= 0.6 is 23.3 Å². The van der Waals surface area contributed by atoms with Crippen LogP contribution in [-0.2, 0) is 0 Å². The third kappa shape index (κ3) is 1.68. The third-order valence-corrected chi connectivity index (χ3v) is 4.27. The van der Waals surface area contributed by atoms with E-state index in [2.05, 4.69) is 4.37 Å². The fourth-order valence-corrected chi connectivity index (χ4v) is 2.95. The lowest BCUT2D eigenvalue weighted by Crippen LogP contribution is -2.34. The summed E-state index contributed by atoms with van der Waals surface area (Å²) < 4.78 is 4.18. The van der Waals surface area contributed by atoms with Crippen molar-refractivity contribution >= 4 is 34.3 Å². The van der Waals surface area contributed by atoms with Gasteiger partial charge in [-0.2, -0.15) is 4.37 Å². The molecule has 2 atom stereocenters. The molecule has 2 heterocycles. The molecule has 0 spiro atoms. The Morgan fingerprint density at radius 3 is 2.75 bits per heavy atom. The van der Waals surface area contributed by atoms with Gasteiger partial charge in [-0.15, -0.1) is 11.8 Å². The van der Waals surface area contributed by atoms with Crippen molar-refractivity contribution in [2.75, 3.05) is 18.2 Å². The van der Waals surface area contributed by atoms with Crippen molar-refractivity contribution in [2.45, 2.75) is 24.2 Å². The molecule has 1 aliphatic heterocycles. The van der Waals surface area contributed by atoms with E-state index in [4.69, 9.17) is 0 Å². The van der Waals surface area contributed by atoms with Gasteiger partial charge in [0.2, 0.25) is 0 Å². The number of aliphatic hydroxyl groups is 1. The van der Waals surface area contributed by atoms with Crippen LogP contribution in [0, 0.1) is 0 Å². The molecule has 1 aromatic heterocycles. The van der Waals surface area contributed by atoms with Gasteiger partial charge in [0.05, 0.1) is 6.04 Å². The number of hydrogen-bond acceptors (Lipinski definition) is 5. The van der Waals surface area contributed by atoms with Crippen LogP contribution < -0.4 is 4.90 Å². The Morgan fingerprint density at radius 1 is 1.62 bits per heavy atom. The summed E-state index contributed by atoms with van der Waals surface area (Å²) in [6, 6.07) is 1.44. The predicted molar refractivity (Wildman–Crippen MR) is 65.0 cm³/mol.